The zero-order valence-electron chi connectivity index (χ0n) is 12.8. The Morgan fingerprint density at radius 1 is 1.18 bits per heavy atom. The fourth-order valence-corrected chi connectivity index (χ4v) is 3.11. The van der Waals surface area contributed by atoms with Gasteiger partial charge in [0.1, 0.15) is 5.25 Å². The number of amides is 1. The van der Waals surface area contributed by atoms with E-state index >= 15 is 0 Å². The largest absolute Gasteiger partial charge is 0.346 e. The number of likely N-dealkylation sites (N-methyl/N-ethyl adjacent to an activating group) is 1. The van der Waals surface area contributed by atoms with Gasteiger partial charge in [0, 0.05) is 39.1 Å². The van der Waals surface area contributed by atoms with Crippen molar-refractivity contribution in [2.45, 2.75) is 17.7 Å². The molecule has 0 aromatic carbocycles. The number of hydrogen-bond acceptors (Lipinski definition) is 5. The zero-order valence-corrected chi connectivity index (χ0v) is 13.6. The quantitative estimate of drug-likeness (QED) is 0.624. The standard InChI is InChI=1S/C14H24N4O3S/c1-17-8-10-18(11-9-17)7-6-14(19)16-12-2-4-13(5-3-12)22(15,20)21/h2-5,12-13H,6-11H2,1H3,(H,16,19)(H2,15,20,21). The van der Waals surface area contributed by atoms with Crippen LogP contribution < -0.4 is 10.5 Å². The van der Waals surface area contributed by atoms with Crippen molar-refractivity contribution in [2.24, 2.45) is 5.14 Å². The maximum Gasteiger partial charge on any atom is 0.221 e. The molecule has 0 bridgehead atoms. The van der Waals surface area contributed by atoms with Crippen LogP contribution in [-0.2, 0) is 14.8 Å². The van der Waals surface area contributed by atoms with Crippen molar-refractivity contribution < 1.29 is 13.2 Å². The zero-order chi connectivity index (χ0) is 16.2. The van der Waals surface area contributed by atoms with Gasteiger partial charge in [-0.25, -0.2) is 13.6 Å². The van der Waals surface area contributed by atoms with E-state index in [0.29, 0.717) is 6.42 Å². The highest BCUT2D eigenvalue weighted by Gasteiger charge is 2.20. The summed E-state index contributed by atoms with van der Waals surface area (Å²) in [7, 11) is -1.51. The average Bonchev–Trinajstić information content (AvgIpc) is 2.46. The molecule has 7 nitrogen and oxygen atoms in total. The summed E-state index contributed by atoms with van der Waals surface area (Å²) in [4.78, 5) is 16.5. The van der Waals surface area contributed by atoms with E-state index < -0.39 is 15.3 Å². The number of piperazine rings is 1. The highest BCUT2D eigenvalue weighted by Crippen LogP contribution is 2.09. The van der Waals surface area contributed by atoms with Gasteiger partial charge in [-0.2, -0.15) is 0 Å². The normalized spacial score (nSPS) is 27.0. The maximum atomic E-state index is 11.9. The molecule has 2 rings (SSSR count). The highest BCUT2D eigenvalue weighted by molar-refractivity contribution is 7.90. The van der Waals surface area contributed by atoms with E-state index in [4.69, 9.17) is 5.14 Å². The molecule has 1 aliphatic heterocycles. The average molecular weight is 328 g/mol. The van der Waals surface area contributed by atoms with Crippen LogP contribution in [0.15, 0.2) is 24.3 Å². The van der Waals surface area contributed by atoms with Gasteiger partial charge in [-0.1, -0.05) is 24.3 Å². The van der Waals surface area contributed by atoms with Crippen molar-refractivity contribution in [1.82, 2.24) is 15.1 Å². The summed E-state index contributed by atoms with van der Waals surface area (Å²) < 4.78 is 22.4. The molecule has 0 unspecified atom stereocenters. The van der Waals surface area contributed by atoms with Crippen LogP contribution in [-0.4, -0.2) is 75.2 Å². The molecule has 0 spiro atoms. The van der Waals surface area contributed by atoms with E-state index in [9.17, 15) is 13.2 Å². The predicted molar refractivity (Wildman–Crippen MR) is 85.7 cm³/mol. The third-order valence-electron chi connectivity index (χ3n) is 3.97. The molecule has 1 aliphatic carbocycles. The minimum atomic E-state index is -3.60. The van der Waals surface area contributed by atoms with Gasteiger partial charge in [0.25, 0.3) is 0 Å². The lowest BCUT2D eigenvalue weighted by Gasteiger charge is -2.32. The molecule has 124 valence electrons. The van der Waals surface area contributed by atoms with Gasteiger partial charge in [-0.15, -0.1) is 0 Å². The maximum absolute atomic E-state index is 11.9. The topological polar surface area (TPSA) is 95.7 Å². The van der Waals surface area contributed by atoms with Crippen molar-refractivity contribution in [1.29, 1.82) is 0 Å². The van der Waals surface area contributed by atoms with E-state index in [1.807, 2.05) is 0 Å². The smallest absolute Gasteiger partial charge is 0.221 e. The Bertz CT molecular complexity index is 536. The molecule has 1 fully saturated rings. The van der Waals surface area contributed by atoms with Crippen LogP contribution in [0.5, 0.6) is 0 Å². The van der Waals surface area contributed by atoms with Crippen molar-refractivity contribution >= 4 is 15.9 Å². The number of nitrogens with zero attached hydrogens (tertiary/aromatic N) is 2. The van der Waals surface area contributed by atoms with Crippen molar-refractivity contribution in [3.05, 3.63) is 24.3 Å². The highest BCUT2D eigenvalue weighted by atomic mass is 32.2. The van der Waals surface area contributed by atoms with E-state index in [0.717, 1.165) is 32.7 Å². The Morgan fingerprint density at radius 2 is 1.77 bits per heavy atom. The van der Waals surface area contributed by atoms with Gasteiger partial charge in [-0.05, 0) is 7.05 Å². The molecule has 22 heavy (non-hydrogen) atoms. The second-order valence-electron chi connectivity index (χ2n) is 5.81. The summed E-state index contributed by atoms with van der Waals surface area (Å²) in [6.45, 7) is 4.79. The van der Waals surface area contributed by atoms with Gasteiger partial charge in [0.15, 0.2) is 0 Å². The summed E-state index contributed by atoms with van der Waals surface area (Å²) in [6.07, 6.45) is 6.76. The lowest BCUT2D eigenvalue weighted by molar-refractivity contribution is -0.121. The minimum Gasteiger partial charge on any atom is -0.346 e. The van der Waals surface area contributed by atoms with Crippen LogP contribution in [0.4, 0.5) is 0 Å². The first-order chi connectivity index (χ1) is 10.3. The van der Waals surface area contributed by atoms with Crippen LogP contribution in [0.2, 0.25) is 0 Å². The second kappa shape index (κ2) is 7.36. The minimum absolute atomic E-state index is 0.0349. The van der Waals surface area contributed by atoms with E-state index in [1.165, 1.54) is 12.2 Å². The van der Waals surface area contributed by atoms with Crippen molar-refractivity contribution in [3.8, 4) is 0 Å². The molecule has 0 atom stereocenters. The van der Waals surface area contributed by atoms with Crippen molar-refractivity contribution in [2.75, 3.05) is 39.8 Å². The molecule has 3 N–H and O–H groups in total. The molecular weight excluding hydrogens is 304 g/mol. The van der Waals surface area contributed by atoms with Crippen molar-refractivity contribution in [3.63, 3.8) is 0 Å². The van der Waals surface area contributed by atoms with Crippen LogP contribution in [0.3, 0.4) is 0 Å². The molecule has 1 saturated heterocycles. The number of nitrogens with two attached hydrogens (primary N) is 1. The fourth-order valence-electron chi connectivity index (χ4n) is 2.49. The summed E-state index contributed by atoms with van der Waals surface area (Å²) in [6, 6.07) is -0.266. The Kier molecular flexibility index (Phi) is 5.74. The molecular formula is C14H24N4O3S. The van der Waals surface area contributed by atoms with Crippen LogP contribution >= 0.6 is 0 Å². The third kappa shape index (κ3) is 5.20. The third-order valence-corrected chi connectivity index (χ3v) is 5.05. The Labute approximate surface area is 131 Å². The second-order valence-corrected chi connectivity index (χ2v) is 7.53. The summed E-state index contributed by atoms with van der Waals surface area (Å²) in [5.41, 5.74) is 0. The Balaban J connectivity index is 1.71. The van der Waals surface area contributed by atoms with E-state index in [1.54, 1.807) is 12.2 Å². The van der Waals surface area contributed by atoms with E-state index in [2.05, 4.69) is 22.2 Å². The molecule has 0 radical (unpaired) electrons. The van der Waals surface area contributed by atoms with Gasteiger partial charge in [0.2, 0.25) is 15.9 Å². The molecule has 0 aromatic heterocycles. The number of rotatable bonds is 5. The number of sulfonamides is 1. The molecule has 8 heteroatoms. The number of primary sulfonamides is 1. The fraction of sp³-hybridized carbons (Fsp3) is 0.643. The lowest BCUT2D eigenvalue weighted by Crippen LogP contribution is -2.45. The SMILES string of the molecule is CN1CCN(CCC(=O)NC2C=CC(S(N)(=O)=O)C=C2)CC1. The van der Waals surface area contributed by atoms with E-state index in [-0.39, 0.29) is 11.9 Å². The first kappa shape index (κ1) is 17.1. The summed E-state index contributed by atoms with van der Waals surface area (Å²) in [5.74, 6) is -0.0349. The first-order valence-electron chi connectivity index (χ1n) is 7.43. The molecule has 1 amide bonds. The number of carbonyl (C=O) groups is 1. The molecule has 0 saturated carbocycles. The number of hydrogen-bond donors (Lipinski definition) is 2. The van der Waals surface area contributed by atoms with Crippen LogP contribution in [0.25, 0.3) is 0 Å². The lowest BCUT2D eigenvalue weighted by atomic mass is 10.1. The molecule has 0 aromatic rings. The first-order valence-corrected chi connectivity index (χ1v) is 9.04. The number of nitrogens with one attached hydrogen (secondary N) is 1. The Hall–Kier alpha value is -1.22. The van der Waals surface area contributed by atoms with Gasteiger partial charge in [-0.3, -0.25) is 4.79 Å². The van der Waals surface area contributed by atoms with Gasteiger partial charge < -0.3 is 15.1 Å². The summed E-state index contributed by atoms with van der Waals surface area (Å²) >= 11 is 0. The summed E-state index contributed by atoms with van der Waals surface area (Å²) in [5, 5.41) is 7.12. The number of carbonyl (C=O) groups excluding carboxylic acids is 1. The Morgan fingerprint density at radius 3 is 2.32 bits per heavy atom. The molecule has 2 aliphatic rings. The van der Waals surface area contributed by atoms with Gasteiger partial charge in [0.05, 0.1) is 6.04 Å². The van der Waals surface area contributed by atoms with Crippen LogP contribution in [0, 0.1) is 0 Å². The molecule has 1 heterocycles. The van der Waals surface area contributed by atoms with Gasteiger partial charge >= 0.3 is 0 Å². The monoisotopic (exact) mass is 328 g/mol. The van der Waals surface area contributed by atoms with Crippen LogP contribution in [0.1, 0.15) is 6.42 Å². The predicted octanol–water partition coefficient (Wildman–Crippen LogP) is -1.11.